The Morgan fingerprint density at radius 3 is 2.71 bits per heavy atom. The number of sulfone groups is 1. The molecule has 2 aromatic heterocycles. The smallest absolute Gasteiger partial charge is 0.171 e. The molecular formula is C15H21N3O2S. The number of nitrogens with zero attached hydrogens (tertiary/aromatic N) is 3. The van der Waals surface area contributed by atoms with Gasteiger partial charge in [-0.1, -0.05) is 20.8 Å². The van der Waals surface area contributed by atoms with Crippen LogP contribution in [0.3, 0.4) is 0 Å². The van der Waals surface area contributed by atoms with E-state index in [1.165, 1.54) is 0 Å². The van der Waals surface area contributed by atoms with Gasteiger partial charge in [0.15, 0.2) is 15.5 Å². The van der Waals surface area contributed by atoms with Gasteiger partial charge in [0.1, 0.15) is 16.7 Å². The summed E-state index contributed by atoms with van der Waals surface area (Å²) in [5, 5.41) is -0.527. The fraction of sp³-hybridized carbons (Fsp3) is 0.600. The summed E-state index contributed by atoms with van der Waals surface area (Å²) in [5.41, 5.74) is 1.22. The van der Waals surface area contributed by atoms with E-state index in [1.807, 2.05) is 16.7 Å². The van der Waals surface area contributed by atoms with Gasteiger partial charge in [-0.25, -0.2) is 18.4 Å². The van der Waals surface area contributed by atoms with Crippen molar-refractivity contribution in [2.24, 2.45) is 0 Å². The number of pyridine rings is 1. The highest BCUT2D eigenvalue weighted by molar-refractivity contribution is 7.91. The molecule has 2 aromatic rings. The predicted molar refractivity (Wildman–Crippen MR) is 82.9 cm³/mol. The zero-order chi connectivity index (χ0) is 15.3. The molecule has 0 aliphatic carbocycles. The first-order valence-electron chi connectivity index (χ1n) is 7.36. The van der Waals surface area contributed by atoms with E-state index in [-0.39, 0.29) is 11.2 Å². The fourth-order valence-corrected chi connectivity index (χ4v) is 4.88. The quantitative estimate of drug-likeness (QED) is 0.812. The zero-order valence-corrected chi connectivity index (χ0v) is 13.5. The van der Waals surface area contributed by atoms with Crippen molar-refractivity contribution in [3.8, 4) is 0 Å². The summed E-state index contributed by atoms with van der Waals surface area (Å²) in [6.07, 6.45) is 4.03. The average Bonchev–Trinajstić information content (AvgIpc) is 2.77. The van der Waals surface area contributed by atoms with Gasteiger partial charge in [-0.2, -0.15) is 0 Å². The minimum Gasteiger partial charge on any atom is -0.294 e. The standard InChI is InChI=1S/C15H21N3O2S/c1-15(2,3)14-17-11-7-6-9-16-13(11)18(14)12-8-4-5-10-21(12,19)20/h6-7,9,12H,4-5,8,10H2,1-3H3. The average molecular weight is 307 g/mol. The van der Waals surface area contributed by atoms with Crippen LogP contribution in [0.15, 0.2) is 18.3 Å². The SMILES string of the molecule is CC(C)(C)c1nc2cccnc2n1C1CCCCS1(=O)=O. The summed E-state index contributed by atoms with van der Waals surface area (Å²) in [6, 6.07) is 3.73. The summed E-state index contributed by atoms with van der Waals surface area (Å²) in [7, 11) is -3.14. The largest absolute Gasteiger partial charge is 0.294 e. The van der Waals surface area contributed by atoms with Gasteiger partial charge in [0.05, 0.1) is 5.75 Å². The molecule has 0 amide bonds. The summed E-state index contributed by atoms with van der Waals surface area (Å²) in [5.74, 6) is 1.06. The van der Waals surface area contributed by atoms with Crippen LogP contribution in [0.4, 0.5) is 0 Å². The predicted octanol–water partition coefficient (Wildman–Crippen LogP) is 2.83. The van der Waals surface area contributed by atoms with Crippen molar-refractivity contribution in [3.05, 3.63) is 24.2 Å². The number of imidazole rings is 1. The lowest BCUT2D eigenvalue weighted by Crippen LogP contribution is -2.30. The summed E-state index contributed by atoms with van der Waals surface area (Å²) in [4.78, 5) is 9.05. The maximum atomic E-state index is 12.5. The third-order valence-electron chi connectivity index (χ3n) is 3.95. The lowest BCUT2D eigenvalue weighted by molar-refractivity contribution is 0.449. The molecule has 21 heavy (non-hydrogen) atoms. The zero-order valence-electron chi connectivity index (χ0n) is 12.7. The Hall–Kier alpha value is -1.43. The summed E-state index contributed by atoms with van der Waals surface area (Å²) < 4.78 is 26.9. The first kappa shape index (κ1) is 14.5. The second kappa shape index (κ2) is 4.80. The van der Waals surface area contributed by atoms with Gasteiger partial charge in [-0.15, -0.1) is 0 Å². The molecule has 0 aromatic carbocycles. The molecule has 0 spiro atoms. The van der Waals surface area contributed by atoms with Crippen LogP contribution >= 0.6 is 0 Å². The monoisotopic (exact) mass is 307 g/mol. The van der Waals surface area contributed by atoms with Crippen LogP contribution in [0, 0.1) is 0 Å². The van der Waals surface area contributed by atoms with Crippen LogP contribution in [-0.2, 0) is 15.3 Å². The normalized spacial score (nSPS) is 22.5. The lowest BCUT2D eigenvalue weighted by Gasteiger charge is -2.28. The molecule has 3 heterocycles. The van der Waals surface area contributed by atoms with Crippen molar-refractivity contribution in [1.29, 1.82) is 0 Å². The van der Waals surface area contributed by atoms with Crippen LogP contribution < -0.4 is 0 Å². The van der Waals surface area contributed by atoms with Gasteiger partial charge in [-0.3, -0.25) is 4.57 Å². The molecule has 1 atom stereocenters. The highest BCUT2D eigenvalue weighted by atomic mass is 32.2. The molecule has 6 heteroatoms. The van der Waals surface area contributed by atoms with E-state index in [0.717, 1.165) is 24.2 Å². The summed E-state index contributed by atoms with van der Waals surface area (Å²) in [6.45, 7) is 6.17. The third-order valence-corrected chi connectivity index (χ3v) is 6.09. The van der Waals surface area contributed by atoms with E-state index >= 15 is 0 Å². The Morgan fingerprint density at radius 2 is 2.05 bits per heavy atom. The molecule has 1 saturated heterocycles. The van der Waals surface area contributed by atoms with Crippen molar-refractivity contribution >= 4 is 21.0 Å². The Balaban J connectivity index is 2.29. The van der Waals surface area contributed by atoms with Gasteiger partial charge in [0.25, 0.3) is 0 Å². The molecule has 1 aliphatic heterocycles. The minimum absolute atomic E-state index is 0.229. The Morgan fingerprint density at radius 1 is 1.29 bits per heavy atom. The van der Waals surface area contributed by atoms with Crippen LogP contribution in [-0.4, -0.2) is 28.7 Å². The second-order valence-corrected chi connectivity index (χ2v) is 9.00. The van der Waals surface area contributed by atoms with Gasteiger partial charge >= 0.3 is 0 Å². The molecule has 1 fully saturated rings. The van der Waals surface area contributed by atoms with Crippen LogP contribution in [0.2, 0.25) is 0 Å². The first-order valence-corrected chi connectivity index (χ1v) is 9.07. The Bertz CT molecular complexity index is 772. The van der Waals surface area contributed by atoms with E-state index in [1.54, 1.807) is 6.20 Å². The van der Waals surface area contributed by atoms with E-state index in [2.05, 4.69) is 30.7 Å². The fourth-order valence-electron chi connectivity index (χ4n) is 2.96. The van der Waals surface area contributed by atoms with Crippen molar-refractivity contribution in [3.63, 3.8) is 0 Å². The number of rotatable bonds is 1. The van der Waals surface area contributed by atoms with Gasteiger partial charge in [0.2, 0.25) is 0 Å². The molecule has 114 valence electrons. The lowest BCUT2D eigenvalue weighted by atomic mass is 9.95. The number of hydrogen-bond acceptors (Lipinski definition) is 4. The van der Waals surface area contributed by atoms with Gasteiger partial charge < -0.3 is 0 Å². The van der Waals surface area contributed by atoms with Gasteiger partial charge in [-0.05, 0) is 31.4 Å². The highest BCUT2D eigenvalue weighted by Gasteiger charge is 2.36. The molecule has 5 nitrogen and oxygen atoms in total. The van der Waals surface area contributed by atoms with E-state index in [0.29, 0.717) is 12.1 Å². The molecular weight excluding hydrogens is 286 g/mol. The topological polar surface area (TPSA) is 64.8 Å². The number of hydrogen-bond donors (Lipinski definition) is 0. The molecule has 0 saturated carbocycles. The van der Waals surface area contributed by atoms with E-state index in [4.69, 9.17) is 0 Å². The minimum atomic E-state index is -3.14. The molecule has 3 rings (SSSR count). The molecule has 1 unspecified atom stereocenters. The molecule has 0 radical (unpaired) electrons. The van der Waals surface area contributed by atoms with Crippen LogP contribution in [0.5, 0.6) is 0 Å². The van der Waals surface area contributed by atoms with E-state index in [9.17, 15) is 8.42 Å². The van der Waals surface area contributed by atoms with Crippen molar-refractivity contribution < 1.29 is 8.42 Å². The first-order chi connectivity index (χ1) is 9.81. The Labute approximate surface area is 125 Å². The maximum absolute atomic E-state index is 12.5. The van der Waals surface area contributed by atoms with Crippen molar-refractivity contribution in [2.45, 2.75) is 50.8 Å². The Kier molecular flexibility index (Phi) is 3.31. The van der Waals surface area contributed by atoms with Gasteiger partial charge in [0, 0.05) is 11.6 Å². The number of aromatic nitrogens is 3. The van der Waals surface area contributed by atoms with Crippen LogP contribution in [0.25, 0.3) is 11.2 Å². The van der Waals surface area contributed by atoms with Crippen molar-refractivity contribution in [1.82, 2.24) is 14.5 Å². The van der Waals surface area contributed by atoms with Crippen molar-refractivity contribution in [2.75, 3.05) is 5.75 Å². The molecule has 1 aliphatic rings. The highest BCUT2D eigenvalue weighted by Crippen LogP contribution is 2.35. The molecule has 0 bridgehead atoms. The summed E-state index contributed by atoms with van der Waals surface area (Å²) >= 11 is 0. The molecule has 0 N–H and O–H groups in total. The third kappa shape index (κ3) is 2.46. The second-order valence-electron chi connectivity index (χ2n) is 6.72. The van der Waals surface area contributed by atoms with Crippen LogP contribution in [0.1, 0.15) is 51.2 Å². The van der Waals surface area contributed by atoms with E-state index < -0.39 is 15.2 Å². The maximum Gasteiger partial charge on any atom is 0.171 e. The number of fused-ring (bicyclic) bond motifs is 1.